The summed E-state index contributed by atoms with van der Waals surface area (Å²) in [5.41, 5.74) is 1.16. The van der Waals surface area contributed by atoms with Crippen LogP contribution in [-0.4, -0.2) is 41.6 Å². The number of ether oxygens (including phenoxy) is 1. The topological polar surface area (TPSA) is 123 Å². The van der Waals surface area contributed by atoms with E-state index >= 15 is 0 Å². The Hall–Kier alpha value is -2.76. The molecule has 0 spiro atoms. The average Bonchev–Trinajstić information content (AvgIpc) is 3.35. The van der Waals surface area contributed by atoms with Crippen molar-refractivity contribution in [2.75, 3.05) is 7.11 Å². The van der Waals surface area contributed by atoms with E-state index in [0.29, 0.717) is 5.69 Å². The standard InChI is InChI=1S/C18H20N4O5S2/c1-12-3-8-17(28-12)29(25,26)19-10-14-11-22(21-20-14)16(18(24)27-2)9-13-4-6-15(23)7-5-13/h3-8,11,16,19,23H,9-10H2,1-2H3/t16-/m0/s1. The molecule has 0 aliphatic rings. The van der Waals surface area contributed by atoms with Gasteiger partial charge in [0, 0.05) is 11.3 Å². The molecule has 0 aliphatic carbocycles. The summed E-state index contributed by atoms with van der Waals surface area (Å²) in [5.74, 6) is -0.385. The third kappa shape index (κ3) is 5.19. The summed E-state index contributed by atoms with van der Waals surface area (Å²) in [5, 5.41) is 17.3. The van der Waals surface area contributed by atoms with E-state index in [-0.39, 0.29) is 22.9 Å². The minimum Gasteiger partial charge on any atom is -0.508 e. The van der Waals surface area contributed by atoms with E-state index in [2.05, 4.69) is 15.0 Å². The van der Waals surface area contributed by atoms with Crippen LogP contribution in [0.1, 0.15) is 22.2 Å². The Bertz CT molecular complexity index is 1090. The molecule has 0 bridgehead atoms. The second-order valence-electron chi connectivity index (χ2n) is 6.29. The molecule has 3 aromatic rings. The number of nitrogens with one attached hydrogen (secondary N) is 1. The predicted molar refractivity (Wildman–Crippen MR) is 106 cm³/mol. The first kappa shape index (κ1) is 21.0. The molecule has 2 heterocycles. The van der Waals surface area contributed by atoms with Crippen LogP contribution in [0.3, 0.4) is 0 Å². The molecule has 11 heteroatoms. The monoisotopic (exact) mass is 436 g/mol. The van der Waals surface area contributed by atoms with Gasteiger partial charge in [0.1, 0.15) is 9.96 Å². The van der Waals surface area contributed by atoms with Crippen molar-refractivity contribution in [2.45, 2.75) is 30.1 Å². The summed E-state index contributed by atoms with van der Waals surface area (Å²) in [7, 11) is -2.37. The number of aromatic nitrogens is 3. The lowest BCUT2D eigenvalue weighted by atomic mass is 10.1. The zero-order valence-corrected chi connectivity index (χ0v) is 17.4. The molecule has 0 fully saturated rings. The summed E-state index contributed by atoms with van der Waals surface area (Å²) in [6.07, 6.45) is 1.78. The maximum Gasteiger partial charge on any atom is 0.331 e. The molecule has 0 radical (unpaired) electrons. The molecule has 0 unspecified atom stereocenters. The lowest BCUT2D eigenvalue weighted by Crippen LogP contribution is -2.24. The number of phenolic OH excluding ortho intramolecular Hbond substituents is 1. The predicted octanol–water partition coefficient (Wildman–Crippen LogP) is 1.79. The Kier molecular flexibility index (Phi) is 6.30. The van der Waals surface area contributed by atoms with Crippen LogP contribution >= 0.6 is 11.3 Å². The summed E-state index contributed by atoms with van der Waals surface area (Å²) in [4.78, 5) is 13.1. The van der Waals surface area contributed by atoms with Crippen molar-refractivity contribution in [3.05, 3.63) is 58.7 Å². The van der Waals surface area contributed by atoms with E-state index in [1.807, 2.05) is 6.92 Å². The highest BCUT2D eigenvalue weighted by molar-refractivity contribution is 7.91. The van der Waals surface area contributed by atoms with Crippen molar-refractivity contribution >= 4 is 27.3 Å². The molecule has 9 nitrogen and oxygen atoms in total. The lowest BCUT2D eigenvalue weighted by molar-refractivity contribution is -0.144. The fraction of sp³-hybridized carbons (Fsp3) is 0.278. The molecule has 154 valence electrons. The van der Waals surface area contributed by atoms with Gasteiger partial charge in [0.25, 0.3) is 0 Å². The Morgan fingerprint density at radius 1 is 1.28 bits per heavy atom. The van der Waals surface area contributed by atoms with Crippen molar-refractivity contribution in [3.8, 4) is 5.75 Å². The average molecular weight is 437 g/mol. The SMILES string of the molecule is COC(=O)[C@H](Cc1ccc(O)cc1)n1cc(CNS(=O)(=O)c2ccc(C)s2)nn1. The first-order chi connectivity index (χ1) is 13.8. The molecular weight excluding hydrogens is 416 g/mol. The van der Waals surface area contributed by atoms with Gasteiger partial charge in [0.15, 0.2) is 6.04 Å². The highest BCUT2D eigenvalue weighted by Gasteiger charge is 2.24. The van der Waals surface area contributed by atoms with Gasteiger partial charge in [-0.3, -0.25) is 0 Å². The Morgan fingerprint density at radius 3 is 2.62 bits per heavy atom. The minimum atomic E-state index is -3.65. The number of aryl methyl sites for hydroxylation is 1. The fourth-order valence-electron chi connectivity index (χ4n) is 2.62. The number of nitrogens with zero attached hydrogens (tertiary/aromatic N) is 3. The second kappa shape index (κ2) is 8.72. The van der Waals surface area contributed by atoms with E-state index in [4.69, 9.17) is 4.74 Å². The van der Waals surface area contributed by atoms with Gasteiger partial charge >= 0.3 is 5.97 Å². The molecule has 0 saturated carbocycles. The van der Waals surface area contributed by atoms with Crippen LogP contribution < -0.4 is 4.72 Å². The zero-order valence-electron chi connectivity index (χ0n) is 15.8. The van der Waals surface area contributed by atoms with Gasteiger partial charge in [-0.2, -0.15) is 0 Å². The van der Waals surface area contributed by atoms with Crippen molar-refractivity contribution in [1.82, 2.24) is 19.7 Å². The minimum absolute atomic E-state index is 0.0631. The largest absolute Gasteiger partial charge is 0.508 e. The molecule has 0 amide bonds. The number of thiophene rings is 1. The zero-order chi connectivity index (χ0) is 21.0. The number of hydrogen-bond donors (Lipinski definition) is 2. The van der Waals surface area contributed by atoms with Crippen LogP contribution in [0, 0.1) is 6.92 Å². The molecule has 2 aromatic heterocycles. The molecule has 2 N–H and O–H groups in total. The number of esters is 1. The Labute approximate surface area is 172 Å². The highest BCUT2D eigenvalue weighted by atomic mass is 32.2. The van der Waals surface area contributed by atoms with E-state index < -0.39 is 22.0 Å². The smallest absolute Gasteiger partial charge is 0.331 e. The normalized spacial score (nSPS) is 12.6. The van der Waals surface area contributed by atoms with E-state index in [1.165, 1.54) is 41.5 Å². The van der Waals surface area contributed by atoms with Gasteiger partial charge in [0.05, 0.1) is 25.5 Å². The lowest BCUT2D eigenvalue weighted by Gasteiger charge is -2.14. The van der Waals surface area contributed by atoms with Crippen LogP contribution in [0.2, 0.25) is 0 Å². The quantitative estimate of drug-likeness (QED) is 0.516. The molecule has 3 rings (SSSR count). The number of phenols is 1. The summed E-state index contributed by atoms with van der Waals surface area (Å²) in [6, 6.07) is 8.95. The van der Waals surface area contributed by atoms with Gasteiger partial charge in [-0.05, 0) is 36.8 Å². The van der Waals surface area contributed by atoms with Crippen molar-refractivity contribution in [2.24, 2.45) is 0 Å². The van der Waals surface area contributed by atoms with E-state index in [9.17, 15) is 18.3 Å². The third-order valence-electron chi connectivity index (χ3n) is 4.14. The van der Waals surface area contributed by atoms with Crippen LogP contribution in [0.25, 0.3) is 0 Å². The van der Waals surface area contributed by atoms with E-state index in [1.54, 1.807) is 24.3 Å². The molecule has 0 saturated heterocycles. The number of rotatable bonds is 8. The summed E-state index contributed by atoms with van der Waals surface area (Å²) in [6.45, 7) is 1.77. The van der Waals surface area contributed by atoms with Gasteiger partial charge < -0.3 is 9.84 Å². The summed E-state index contributed by atoms with van der Waals surface area (Å²) < 4.78 is 33.6. The molecule has 1 aromatic carbocycles. The van der Waals surface area contributed by atoms with Crippen LogP contribution in [-0.2, 0) is 32.5 Å². The van der Waals surface area contributed by atoms with Crippen LogP contribution in [0.5, 0.6) is 5.75 Å². The molecule has 29 heavy (non-hydrogen) atoms. The van der Waals surface area contributed by atoms with Crippen molar-refractivity contribution in [3.63, 3.8) is 0 Å². The van der Waals surface area contributed by atoms with Gasteiger partial charge in [-0.25, -0.2) is 22.6 Å². The Morgan fingerprint density at radius 2 is 2.00 bits per heavy atom. The van der Waals surface area contributed by atoms with Gasteiger partial charge in [0.2, 0.25) is 10.0 Å². The molecular formula is C18H20N4O5S2. The first-order valence-electron chi connectivity index (χ1n) is 8.61. The van der Waals surface area contributed by atoms with Crippen LogP contribution in [0.15, 0.2) is 46.8 Å². The second-order valence-corrected chi connectivity index (χ2v) is 9.57. The number of carbonyl (C=O) groups is 1. The first-order valence-corrected chi connectivity index (χ1v) is 10.9. The van der Waals surface area contributed by atoms with Crippen molar-refractivity contribution < 1.29 is 23.1 Å². The Balaban J connectivity index is 1.73. The number of aromatic hydroxyl groups is 1. The fourth-order valence-corrected chi connectivity index (χ4v) is 4.95. The van der Waals surface area contributed by atoms with Crippen molar-refractivity contribution in [1.29, 1.82) is 0 Å². The number of methoxy groups -OCH3 is 1. The number of hydrogen-bond acceptors (Lipinski definition) is 8. The molecule has 0 aliphatic heterocycles. The summed E-state index contributed by atoms with van der Waals surface area (Å²) >= 11 is 1.18. The van der Waals surface area contributed by atoms with Gasteiger partial charge in [-0.15, -0.1) is 16.4 Å². The van der Waals surface area contributed by atoms with E-state index in [0.717, 1.165) is 10.4 Å². The number of carbonyl (C=O) groups excluding carboxylic acids is 1. The highest BCUT2D eigenvalue weighted by Crippen LogP contribution is 2.21. The van der Waals surface area contributed by atoms with Crippen LogP contribution in [0.4, 0.5) is 0 Å². The maximum atomic E-state index is 12.3. The maximum absolute atomic E-state index is 12.3. The number of benzene rings is 1. The molecule has 1 atom stereocenters. The van der Waals surface area contributed by atoms with Gasteiger partial charge in [-0.1, -0.05) is 17.3 Å². The third-order valence-corrected chi connectivity index (χ3v) is 7.03. The number of sulfonamides is 1.